The first-order valence-electron chi connectivity index (χ1n) is 6.23. The lowest BCUT2D eigenvalue weighted by atomic mass is 10.2. The van der Waals surface area contributed by atoms with Crippen molar-refractivity contribution in [2.75, 3.05) is 46.1 Å². The summed E-state index contributed by atoms with van der Waals surface area (Å²) in [5.74, 6) is -0.173. The molecule has 1 aromatic rings. The minimum absolute atomic E-state index is 0.173. The van der Waals surface area contributed by atoms with Crippen LogP contribution < -0.4 is 11.1 Å². The van der Waals surface area contributed by atoms with E-state index in [9.17, 15) is 4.79 Å². The van der Waals surface area contributed by atoms with Crippen LogP contribution in [0.1, 0.15) is 16.1 Å². The van der Waals surface area contributed by atoms with Gasteiger partial charge in [-0.2, -0.15) is 0 Å². The van der Waals surface area contributed by atoms with Crippen LogP contribution in [0.2, 0.25) is 0 Å². The first kappa shape index (κ1) is 15.4. The number of pyridine rings is 1. The van der Waals surface area contributed by atoms with E-state index in [4.69, 9.17) is 10.5 Å². The fourth-order valence-corrected chi connectivity index (χ4v) is 1.46. The van der Waals surface area contributed by atoms with Crippen molar-refractivity contribution in [3.8, 4) is 0 Å². The van der Waals surface area contributed by atoms with Crippen LogP contribution in [0, 0.1) is 6.92 Å². The van der Waals surface area contributed by atoms with Crippen LogP contribution in [0.5, 0.6) is 0 Å². The number of nitrogen functional groups attached to an aromatic ring is 1. The lowest BCUT2D eigenvalue weighted by molar-refractivity contribution is 0.0899. The van der Waals surface area contributed by atoms with Crippen molar-refractivity contribution in [2.45, 2.75) is 6.92 Å². The average Bonchev–Trinajstić information content (AvgIpc) is 2.36. The third-order valence-corrected chi connectivity index (χ3v) is 2.57. The number of nitrogens with one attached hydrogen (secondary N) is 1. The molecular formula is C13H22N4O2. The summed E-state index contributed by atoms with van der Waals surface area (Å²) in [7, 11) is 3.97. The van der Waals surface area contributed by atoms with Gasteiger partial charge in [0.25, 0.3) is 5.91 Å². The molecule has 0 spiro atoms. The molecule has 0 radical (unpaired) electrons. The molecule has 1 amide bonds. The molecule has 0 saturated carbocycles. The smallest absolute Gasteiger partial charge is 0.253 e. The molecule has 0 aliphatic carbocycles. The van der Waals surface area contributed by atoms with E-state index in [2.05, 4.69) is 10.3 Å². The lowest BCUT2D eigenvalue weighted by Gasteiger charge is -2.11. The van der Waals surface area contributed by atoms with Crippen molar-refractivity contribution >= 4 is 11.6 Å². The van der Waals surface area contributed by atoms with Crippen LogP contribution in [0.3, 0.4) is 0 Å². The third kappa shape index (κ3) is 5.67. The van der Waals surface area contributed by atoms with Crippen LogP contribution in [-0.4, -0.2) is 56.2 Å². The first-order valence-corrected chi connectivity index (χ1v) is 6.23. The molecule has 6 heteroatoms. The van der Waals surface area contributed by atoms with Crippen LogP contribution in [0.25, 0.3) is 0 Å². The number of ether oxygens (including phenoxy) is 1. The van der Waals surface area contributed by atoms with Gasteiger partial charge in [0.2, 0.25) is 0 Å². The number of likely N-dealkylation sites (N-methyl/N-ethyl adjacent to an activating group) is 1. The number of anilines is 1. The summed E-state index contributed by atoms with van der Waals surface area (Å²) in [4.78, 5) is 18.0. The van der Waals surface area contributed by atoms with Gasteiger partial charge in [0.1, 0.15) is 0 Å². The Morgan fingerprint density at radius 1 is 1.47 bits per heavy atom. The molecule has 0 atom stereocenters. The van der Waals surface area contributed by atoms with Gasteiger partial charge in [-0.25, -0.2) is 0 Å². The van der Waals surface area contributed by atoms with Gasteiger partial charge >= 0.3 is 0 Å². The summed E-state index contributed by atoms with van der Waals surface area (Å²) >= 11 is 0. The zero-order chi connectivity index (χ0) is 14.3. The number of hydrogen-bond donors (Lipinski definition) is 2. The molecule has 0 bridgehead atoms. The second-order valence-electron chi connectivity index (χ2n) is 4.57. The van der Waals surface area contributed by atoms with Crippen molar-refractivity contribution in [2.24, 2.45) is 0 Å². The number of nitrogens with two attached hydrogens (primary N) is 1. The number of carbonyl (C=O) groups excluding carboxylic acids is 1. The number of rotatable bonds is 7. The predicted molar refractivity (Wildman–Crippen MR) is 75.1 cm³/mol. The Balaban J connectivity index is 2.29. The molecule has 0 fully saturated rings. The quantitative estimate of drug-likeness (QED) is 0.693. The Hall–Kier alpha value is -1.66. The van der Waals surface area contributed by atoms with Gasteiger partial charge in [-0.1, -0.05) is 0 Å². The minimum atomic E-state index is -0.173. The maximum atomic E-state index is 11.9. The highest BCUT2D eigenvalue weighted by Gasteiger charge is 2.09. The van der Waals surface area contributed by atoms with Crippen molar-refractivity contribution in [1.29, 1.82) is 0 Å². The van der Waals surface area contributed by atoms with Crippen molar-refractivity contribution < 1.29 is 9.53 Å². The highest BCUT2D eigenvalue weighted by atomic mass is 16.5. The van der Waals surface area contributed by atoms with Gasteiger partial charge in [-0.3, -0.25) is 9.78 Å². The van der Waals surface area contributed by atoms with Gasteiger partial charge in [0.15, 0.2) is 0 Å². The molecule has 0 aliphatic rings. The zero-order valence-electron chi connectivity index (χ0n) is 11.8. The Kier molecular flexibility index (Phi) is 6.24. The van der Waals surface area contributed by atoms with E-state index in [1.807, 2.05) is 19.0 Å². The fourth-order valence-electron chi connectivity index (χ4n) is 1.46. The second-order valence-corrected chi connectivity index (χ2v) is 4.57. The van der Waals surface area contributed by atoms with E-state index in [1.54, 1.807) is 13.0 Å². The third-order valence-electron chi connectivity index (χ3n) is 2.57. The number of carbonyl (C=O) groups is 1. The van der Waals surface area contributed by atoms with Gasteiger partial charge < -0.3 is 20.7 Å². The molecule has 1 rings (SSSR count). The van der Waals surface area contributed by atoms with Gasteiger partial charge in [0, 0.05) is 13.1 Å². The maximum Gasteiger partial charge on any atom is 0.253 e. The van der Waals surface area contributed by atoms with Crippen LogP contribution >= 0.6 is 0 Å². The van der Waals surface area contributed by atoms with E-state index in [1.165, 1.54) is 6.20 Å². The largest absolute Gasteiger partial charge is 0.397 e. The normalized spacial score (nSPS) is 10.7. The van der Waals surface area contributed by atoms with Crippen molar-refractivity contribution in [3.05, 3.63) is 23.5 Å². The Morgan fingerprint density at radius 3 is 2.89 bits per heavy atom. The summed E-state index contributed by atoms with van der Waals surface area (Å²) in [6.07, 6.45) is 1.54. The van der Waals surface area contributed by atoms with Gasteiger partial charge in [0.05, 0.1) is 36.4 Å². The monoisotopic (exact) mass is 266 g/mol. The van der Waals surface area contributed by atoms with Gasteiger partial charge in [-0.15, -0.1) is 0 Å². The highest BCUT2D eigenvalue weighted by Crippen LogP contribution is 2.08. The topological polar surface area (TPSA) is 80.5 Å². The number of amides is 1. The van der Waals surface area contributed by atoms with Crippen LogP contribution in [-0.2, 0) is 4.74 Å². The molecule has 106 valence electrons. The Morgan fingerprint density at radius 2 is 2.21 bits per heavy atom. The van der Waals surface area contributed by atoms with E-state index >= 15 is 0 Å². The average molecular weight is 266 g/mol. The minimum Gasteiger partial charge on any atom is -0.397 e. The van der Waals surface area contributed by atoms with Crippen molar-refractivity contribution in [3.63, 3.8) is 0 Å². The molecule has 0 aliphatic heterocycles. The van der Waals surface area contributed by atoms with E-state index < -0.39 is 0 Å². The summed E-state index contributed by atoms with van der Waals surface area (Å²) in [6, 6.07) is 1.63. The molecule has 0 unspecified atom stereocenters. The number of aryl methyl sites for hydroxylation is 1. The highest BCUT2D eigenvalue weighted by molar-refractivity contribution is 5.95. The SMILES string of the molecule is Cc1ncc(N)cc1C(=O)NCCOCCN(C)C. The molecule has 1 heterocycles. The second kappa shape index (κ2) is 7.70. The van der Waals surface area contributed by atoms with Crippen LogP contribution in [0.4, 0.5) is 5.69 Å². The molecule has 19 heavy (non-hydrogen) atoms. The molecular weight excluding hydrogens is 244 g/mol. The predicted octanol–water partition coefficient (Wildman–Crippen LogP) is 0.280. The standard InChI is InChI=1S/C13H22N4O2/c1-10-12(8-11(14)9-16-10)13(18)15-4-6-19-7-5-17(2)3/h8-9H,4-7,14H2,1-3H3,(H,15,18). The zero-order valence-corrected chi connectivity index (χ0v) is 11.8. The summed E-state index contributed by atoms with van der Waals surface area (Å²) in [5, 5.41) is 2.78. The van der Waals surface area contributed by atoms with E-state index in [-0.39, 0.29) is 5.91 Å². The first-order chi connectivity index (χ1) is 9.00. The number of aromatic nitrogens is 1. The van der Waals surface area contributed by atoms with E-state index in [0.29, 0.717) is 36.7 Å². The summed E-state index contributed by atoms with van der Waals surface area (Å²) in [5.41, 5.74) is 7.27. The number of hydrogen-bond acceptors (Lipinski definition) is 5. The van der Waals surface area contributed by atoms with Crippen LogP contribution in [0.15, 0.2) is 12.3 Å². The van der Waals surface area contributed by atoms with E-state index in [0.717, 1.165) is 6.54 Å². The van der Waals surface area contributed by atoms with Gasteiger partial charge in [-0.05, 0) is 27.1 Å². The Bertz CT molecular complexity index is 421. The molecule has 0 saturated heterocycles. The Labute approximate surface area is 113 Å². The molecule has 1 aromatic heterocycles. The summed E-state index contributed by atoms with van der Waals surface area (Å²) < 4.78 is 5.39. The molecule has 6 nitrogen and oxygen atoms in total. The fraction of sp³-hybridized carbons (Fsp3) is 0.538. The maximum absolute atomic E-state index is 11.9. The lowest BCUT2D eigenvalue weighted by Crippen LogP contribution is -2.29. The van der Waals surface area contributed by atoms with Crippen molar-refractivity contribution in [1.82, 2.24) is 15.2 Å². The molecule has 3 N–H and O–H groups in total. The molecule has 0 aromatic carbocycles. The summed E-state index contributed by atoms with van der Waals surface area (Å²) in [6.45, 7) is 4.27. The number of nitrogens with zero attached hydrogens (tertiary/aromatic N) is 2.